The van der Waals surface area contributed by atoms with E-state index in [-0.39, 0.29) is 12.2 Å². The van der Waals surface area contributed by atoms with Gasteiger partial charge in [0.1, 0.15) is 11.6 Å². The molecule has 0 saturated carbocycles. The second-order valence-electron chi connectivity index (χ2n) is 5.40. The number of carbonyl (C=O) groups is 2. The number of esters is 1. The van der Waals surface area contributed by atoms with Gasteiger partial charge in [0.2, 0.25) is 5.82 Å². The van der Waals surface area contributed by atoms with E-state index >= 15 is 0 Å². The Bertz CT molecular complexity index is 961. The molecule has 0 saturated heterocycles. The zero-order chi connectivity index (χ0) is 19.4. The largest absolute Gasteiger partial charge is 0.451 e. The van der Waals surface area contributed by atoms with E-state index in [1.54, 1.807) is 0 Å². The van der Waals surface area contributed by atoms with Crippen LogP contribution in [-0.2, 0) is 20.9 Å². The van der Waals surface area contributed by atoms with Gasteiger partial charge >= 0.3 is 5.97 Å². The SMILES string of the molecule is C[C@H](OC(=O)Cn1nnc(-c2ccsc2)n1)C(=O)Nc1ccc(F)cc1F. The second kappa shape index (κ2) is 7.99. The van der Waals surface area contributed by atoms with E-state index in [2.05, 4.69) is 20.7 Å². The third-order valence-electron chi connectivity index (χ3n) is 3.37. The van der Waals surface area contributed by atoms with Crippen molar-refractivity contribution < 1.29 is 23.1 Å². The molecule has 2 aromatic heterocycles. The summed E-state index contributed by atoms with van der Waals surface area (Å²) < 4.78 is 31.4. The fourth-order valence-corrected chi connectivity index (χ4v) is 2.68. The molecule has 0 aliphatic carbocycles. The van der Waals surface area contributed by atoms with Gasteiger partial charge in [-0.2, -0.15) is 16.1 Å². The molecule has 0 fully saturated rings. The zero-order valence-electron chi connectivity index (χ0n) is 13.9. The van der Waals surface area contributed by atoms with Crippen LogP contribution >= 0.6 is 11.3 Å². The topological polar surface area (TPSA) is 99.0 Å². The van der Waals surface area contributed by atoms with E-state index in [1.165, 1.54) is 18.3 Å². The highest BCUT2D eigenvalue weighted by atomic mass is 32.1. The first kappa shape index (κ1) is 18.6. The highest BCUT2D eigenvalue weighted by Gasteiger charge is 2.20. The highest BCUT2D eigenvalue weighted by Crippen LogP contribution is 2.17. The van der Waals surface area contributed by atoms with Gasteiger partial charge in [0.15, 0.2) is 12.6 Å². The van der Waals surface area contributed by atoms with Crippen molar-refractivity contribution in [1.82, 2.24) is 20.2 Å². The number of tetrazole rings is 1. The zero-order valence-corrected chi connectivity index (χ0v) is 14.7. The first-order valence-corrected chi connectivity index (χ1v) is 8.62. The summed E-state index contributed by atoms with van der Waals surface area (Å²) in [5.41, 5.74) is 0.552. The maximum Gasteiger partial charge on any atom is 0.330 e. The molecule has 3 aromatic rings. The van der Waals surface area contributed by atoms with Crippen LogP contribution in [0.5, 0.6) is 0 Å². The van der Waals surface area contributed by atoms with Crippen molar-refractivity contribution in [2.45, 2.75) is 19.6 Å². The summed E-state index contributed by atoms with van der Waals surface area (Å²) in [6, 6.07) is 4.51. The lowest BCUT2D eigenvalue weighted by Gasteiger charge is -2.13. The van der Waals surface area contributed by atoms with E-state index in [0.29, 0.717) is 11.9 Å². The van der Waals surface area contributed by atoms with Crippen LogP contribution in [0, 0.1) is 11.6 Å². The quantitative estimate of drug-likeness (QED) is 0.645. The minimum absolute atomic E-state index is 0.220. The van der Waals surface area contributed by atoms with Gasteiger partial charge in [0.05, 0.1) is 5.69 Å². The number of thiophene rings is 1. The van der Waals surface area contributed by atoms with Crippen molar-refractivity contribution in [1.29, 1.82) is 0 Å². The molecule has 140 valence electrons. The van der Waals surface area contributed by atoms with Gasteiger partial charge in [-0.15, -0.1) is 10.2 Å². The molecule has 1 atom stereocenters. The van der Waals surface area contributed by atoms with Crippen LogP contribution in [0.3, 0.4) is 0 Å². The molecule has 0 radical (unpaired) electrons. The number of nitrogens with zero attached hydrogens (tertiary/aromatic N) is 4. The maximum atomic E-state index is 13.6. The molecule has 27 heavy (non-hydrogen) atoms. The fourth-order valence-electron chi connectivity index (χ4n) is 2.05. The number of halogens is 2. The number of hydrogen-bond donors (Lipinski definition) is 1. The number of aromatic nitrogens is 4. The number of hydrogen-bond acceptors (Lipinski definition) is 7. The molecule has 3 rings (SSSR count). The second-order valence-corrected chi connectivity index (χ2v) is 6.18. The molecular weight excluding hydrogens is 380 g/mol. The predicted octanol–water partition coefficient (Wildman–Crippen LogP) is 2.25. The van der Waals surface area contributed by atoms with Crippen molar-refractivity contribution in [2.24, 2.45) is 0 Å². The molecule has 8 nitrogen and oxygen atoms in total. The fraction of sp³-hybridized carbons (Fsp3) is 0.188. The Morgan fingerprint density at radius 3 is 2.85 bits per heavy atom. The van der Waals surface area contributed by atoms with Crippen molar-refractivity contribution in [3.63, 3.8) is 0 Å². The molecule has 0 aliphatic heterocycles. The third-order valence-corrected chi connectivity index (χ3v) is 4.05. The average Bonchev–Trinajstić information content (AvgIpc) is 3.28. The van der Waals surface area contributed by atoms with Gasteiger partial charge in [-0.1, -0.05) is 0 Å². The number of amides is 1. The molecule has 2 heterocycles. The number of ether oxygens (including phenoxy) is 1. The van der Waals surface area contributed by atoms with Crippen LogP contribution in [0.1, 0.15) is 6.92 Å². The minimum Gasteiger partial charge on any atom is -0.451 e. The molecule has 1 N–H and O–H groups in total. The van der Waals surface area contributed by atoms with Crippen LogP contribution < -0.4 is 5.32 Å². The Morgan fingerprint density at radius 1 is 1.33 bits per heavy atom. The van der Waals surface area contributed by atoms with E-state index < -0.39 is 29.6 Å². The van der Waals surface area contributed by atoms with Crippen LogP contribution in [0.15, 0.2) is 35.0 Å². The molecule has 1 aromatic carbocycles. The summed E-state index contributed by atoms with van der Waals surface area (Å²) in [5, 5.41) is 17.5. The third kappa shape index (κ3) is 4.70. The molecule has 0 aliphatic rings. The molecule has 0 unspecified atom stereocenters. The van der Waals surface area contributed by atoms with Crippen molar-refractivity contribution in [3.8, 4) is 11.4 Å². The van der Waals surface area contributed by atoms with Gasteiger partial charge in [-0.25, -0.2) is 13.6 Å². The number of anilines is 1. The maximum absolute atomic E-state index is 13.6. The Kier molecular flexibility index (Phi) is 5.50. The van der Waals surface area contributed by atoms with Crippen molar-refractivity contribution >= 4 is 28.9 Å². The number of nitrogens with one attached hydrogen (secondary N) is 1. The first-order valence-electron chi connectivity index (χ1n) is 7.68. The summed E-state index contributed by atoms with van der Waals surface area (Å²) in [6.07, 6.45) is -1.21. The lowest BCUT2D eigenvalue weighted by molar-refractivity contribution is -0.154. The number of benzene rings is 1. The number of rotatable bonds is 6. The molecular formula is C16H13F2N5O3S. The van der Waals surface area contributed by atoms with E-state index in [1.807, 2.05) is 16.8 Å². The highest BCUT2D eigenvalue weighted by molar-refractivity contribution is 7.08. The summed E-state index contributed by atoms with van der Waals surface area (Å²) in [4.78, 5) is 25.0. The Hall–Kier alpha value is -3.21. The first-order chi connectivity index (χ1) is 12.9. The van der Waals surface area contributed by atoms with Crippen molar-refractivity contribution in [2.75, 3.05) is 5.32 Å². The van der Waals surface area contributed by atoms with Crippen LogP contribution in [0.4, 0.5) is 14.5 Å². The van der Waals surface area contributed by atoms with Crippen molar-refractivity contribution in [3.05, 3.63) is 46.7 Å². The average molecular weight is 393 g/mol. The minimum atomic E-state index is -1.21. The molecule has 1 amide bonds. The van der Waals surface area contributed by atoms with Crippen LogP contribution in [0.25, 0.3) is 11.4 Å². The smallest absolute Gasteiger partial charge is 0.330 e. The van der Waals surface area contributed by atoms with E-state index in [0.717, 1.165) is 22.5 Å². The molecule has 11 heteroatoms. The Morgan fingerprint density at radius 2 is 2.15 bits per heavy atom. The monoisotopic (exact) mass is 393 g/mol. The van der Waals surface area contributed by atoms with Crippen LogP contribution in [0.2, 0.25) is 0 Å². The number of carbonyl (C=O) groups excluding carboxylic acids is 2. The lowest BCUT2D eigenvalue weighted by atomic mass is 10.2. The summed E-state index contributed by atoms with van der Waals surface area (Å²) in [7, 11) is 0. The van der Waals surface area contributed by atoms with Gasteiger partial charge in [-0.3, -0.25) is 4.79 Å². The molecule has 0 spiro atoms. The summed E-state index contributed by atoms with van der Waals surface area (Å²) in [5.74, 6) is -2.88. The normalized spacial score (nSPS) is 11.8. The Balaban J connectivity index is 1.54. The van der Waals surface area contributed by atoms with Gasteiger partial charge < -0.3 is 10.1 Å². The summed E-state index contributed by atoms with van der Waals surface area (Å²) >= 11 is 1.47. The predicted molar refractivity (Wildman–Crippen MR) is 91.7 cm³/mol. The van der Waals surface area contributed by atoms with Gasteiger partial charge in [0, 0.05) is 17.0 Å². The van der Waals surface area contributed by atoms with Gasteiger partial charge in [-0.05, 0) is 35.7 Å². The summed E-state index contributed by atoms with van der Waals surface area (Å²) in [6.45, 7) is 0.972. The van der Waals surface area contributed by atoms with E-state index in [9.17, 15) is 18.4 Å². The molecule has 0 bridgehead atoms. The van der Waals surface area contributed by atoms with E-state index in [4.69, 9.17) is 4.74 Å². The standard InChI is InChI=1S/C16H13F2N5O3S/c1-9(16(25)19-13-3-2-11(17)6-12(13)18)26-14(24)7-23-21-15(20-22-23)10-4-5-27-8-10/h2-6,8-9H,7H2,1H3,(H,19,25)/t9-/m0/s1. The Labute approximate surface area is 155 Å². The van der Waals surface area contributed by atoms with Gasteiger partial charge in [0.25, 0.3) is 5.91 Å². The van der Waals surface area contributed by atoms with Crippen LogP contribution in [-0.4, -0.2) is 38.2 Å². The lowest BCUT2D eigenvalue weighted by Crippen LogP contribution is -2.31.